The lowest BCUT2D eigenvalue weighted by Gasteiger charge is -2.33. The molecule has 0 aromatic carbocycles. The smallest absolute Gasteiger partial charge is 0.205 e. The van der Waals surface area contributed by atoms with Crippen LogP contribution < -0.4 is 4.90 Å². The van der Waals surface area contributed by atoms with Crippen LogP contribution in [0.4, 0.5) is 5.13 Å². The summed E-state index contributed by atoms with van der Waals surface area (Å²) in [5.41, 5.74) is 0. The van der Waals surface area contributed by atoms with Crippen LogP contribution in [0.1, 0.15) is 19.7 Å². The number of ether oxygens (including phenoxy) is 1. The molecule has 3 rings (SSSR count). The van der Waals surface area contributed by atoms with E-state index in [9.17, 15) is 0 Å². The molecule has 5 nitrogen and oxygen atoms in total. The van der Waals surface area contributed by atoms with Gasteiger partial charge in [-0.05, 0) is 13.0 Å². The Morgan fingerprint density at radius 2 is 2.26 bits per heavy atom. The van der Waals surface area contributed by atoms with Crippen LogP contribution in [0.15, 0.2) is 0 Å². The van der Waals surface area contributed by atoms with Gasteiger partial charge in [0.25, 0.3) is 0 Å². The van der Waals surface area contributed by atoms with E-state index in [1.807, 2.05) is 0 Å². The van der Waals surface area contributed by atoms with Crippen LogP contribution in [0, 0.1) is 5.92 Å². The molecule has 3 heterocycles. The van der Waals surface area contributed by atoms with Gasteiger partial charge in [-0.3, -0.25) is 4.90 Å². The van der Waals surface area contributed by atoms with Gasteiger partial charge >= 0.3 is 0 Å². The first-order chi connectivity index (χ1) is 9.13. The SMILES string of the molecule is CC(C)Cc1nsc(N2CC3OCCN(C)C3C2)n1. The molecule has 0 spiro atoms. The Balaban J connectivity index is 1.68. The van der Waals surface area contributed by atoms with Crippen molar-refractivity contribution in [3.8, 4) is 0 Å². The van der Waals surface area contributed by atoms with Crippen molar-refractivity contribution in [2.24, 2.45) is 5.92 Å². The van der Waals surface area contributed by atoms with E-state index in [1.165, 1.54) is 11.5 Å². The maximum atomic E-state index is 5.87. The number of hydrogen-bond donors (Lipinski definition) is 0. The van der Waals surface area contributed by atoms with Gasteiger partial charge in [-0.25, -0.2) is 4.98 Å². The number of morpholine rings is 1. The average Bonchev–Trinajstić information content (AvgIpc) is 2.94. The van der Waals surface area contributed by atoms with Crippen LogP contribution in [-0.4, -0.2) is 59.7 Å². The molecule has 0 bridgehead atoms. The molecule has 1 aromatic heterocycles. The number of anilines is 1. The van der Waals surface area contributed by atoms with Crippen LogP contribution in [0.3, 0.4) is 0 Å². The van der Waals surface area contributed by atoms with Crippen molar-refractivity contribution in [2.45, 2.75) is 32.4 Å². The summed E-state index contributed by atoms with van der Waals surface area (Å²) in [6.45, 7) is 8.24. The Morgan fingerprint density at radius 1 is 1.42 bits per heavy atom. The Labute approximate surface area is 118 Å². The fourth-order valence-corrected chi connectivity index (χ4v) is 3.55. The molecule has 2 aliphatic rings. The summed E-state index contributed by atoms with van der Waals surface area (Å²) in [6, 6.07) is 0.506. The van der Waals surface area contributed by atoms with Crippen LogP contribution in [0.5, 0.6) is 0 Å². The van der Waals surface area contributed by atoms with Crippen molar-refractivity contribution in [1.29, 1.82) is 0 Å². The normalized spacial score (nSPS) is 28.1. The minimum absolute atomic E-state index is 0.330. The van der Waals surface area contributed by atoms with Crippen LogP contribution in [-0.2, 0) is 11.2 Å². The maximum absolute atomic E-state index is 5.87. The van der Waals surface area contributed by atoms with E-state index in [4.69, 9.17) is 4.74 Å². The van der Waals surface area contributed by atoms with Gasteiger partial charge in [0.15, 0.2) is 0 Å². The summed E-state index contributed by atoms with van der Waals surface area (Å²) in [4.78, 5) is 9.41. The predicted octanol–water partition coefficient (Wildman–Crippen LogP) is 1.26. The van der Waals surface area contributed by atoms with Gasteiger partial charge in [-0.1, -0.05) is 13.8 Å². The van der Waals surface area contributed by atoms with Crippen molar-refractivity contribution in [3.05, 3.63) is 5.82 Å². The molecule has 2 fully saturated rings. The van der Waals surface area contributed by atoms with E-state index < -0.39 is 0 Å². The van der Waals surface area contributed by atoms with Gasteiger partial charge in [0.1, 0.15) is 5.82 Å². The molecule has 1 aromatic rings. The molecule has 106 valence electrons. The van der Waals surface area contributed by atoms with Crippen molar-refractivity contribution in [1.82, 2.24) is 14.3 Å². The first-order valence-corrected chi connectivity index (χ1v) is 7.80. The largest absolute Gasteiger partial charge is 0.373 e. The maximum Gasteiger partial charge on any atom is 0.205 e. The summed E-state index contributed by atoms with van der Waals surface area (Å²) >= 11 is 1.53. The van der Waals surface area contributed by atoms with Crippen molar-refractivity contribution >= 4 is 16.7 Å². The fourth-order valence-electron chi connectivity index (χ4n) is 2.84. The predicted molar refractivity (Wildman–Crippen MR) is 76.8 cm³/mol. The standard InChI is InChI=1S/C13H22N4OS/c1-9(2)6-12-14-13(19-15-12)17-7-10-11(8-17)18-5-4-16(10)3/h9-11H,4-8H2,1-3H3. The summed E-state index contributed by atoms with van der Waals surface area (Å²) < 4.78 is 10.3. The Morgan fingerprint density at radius 3 is 3.00 bits per heavy atom. The van der Waals surface area contributed by atoms with Gasteiger partial charge in [0.05, 0.1) is 18.8 Å². The summed E-state index contributed by atoms with van der Waals surface area (Å²) in [7, 11) is 2.19. The zero-order valence-corrected chi connectivity index (χ0v) is 12.7. The number of aromatic nitrogens is 2. The van der Waals surface area contributed by atoms with E-state index in [0.29, 0.717) is 18.1 Å². The molecular weight excluding hydrogens is 260 g/mol. The average molecular weight is 282 g/mol. The van der Waals surface area contributed by atoms with Crippen molar-refractivity contribution in [3.63, 3.8) is 0 Å². The van der Waals surface area contributed by atoms with E-state index >= 15 is 0 Å². The molecule has 6 heteroatoms. The number of nitrogens with zero attached hydrogens (tertiary/aromatic N) is 4. The third-order valence-corrected chi connectivity index (χ3v) is 4.71. The van der Waals surface area contributed by atoms with E-state index in [1.54, 1.807) is 0 Å². The molecular formula is C13H22N4OS. The Bertz CT molecular complexity index is 436. The zero-order chi connectivity index (χ0) is 13.4. The van der Waals surface area contributed by atoms with E-state index in [2.05, 4.69) is 40.1 Å². The lowest BCUT2D eigenvalue weighted by Crippen LogP contribution is -2.48. The molecule has 0 saturated carbocycles. The number of likely N-dealkylation sites (N-methyl/N-ethyl adjacent to an activating group) is 1. The second kappa shape index (κ2) is 5.34. The summed E-state index contributed by atoms with van der Waals surface area (Å²) in [5.74, 6) is 1.59. The van der Waals surface area contributed by atoms with Gasteiger partial charge < -0.3 is 9.64 Å². The Kier molecular flexibility index (Phi) is 3.73. The van der Waals surface area contributed by atoms with Gasteiger partial charge in [-0.15, -0.1) is 0 Å². The highest BCUT2D eigenvalue weighted by atomic mass is 32.1. The van der Waals surface area contributed by atoms with Crippen molar-refractivity contribution in [2.75, 3.05) is 38.2 Å². The second-order valence-electron chi connectivity index (χ2n) is 5.95. The number of rotatable bonds is 3. The highest BCUT2D eigenvalue weighted by Crippen LogP contribution is 2.28. The lowest BCUT2D eigenvalue weighted by molar-refractivity contribution is -0.0362. The molecule has 2 aliphatic heterocycles. The van der Waals surface area contributed by atoms with Gasteiger partial charge in [0, 0.05) is 37.6 Å². The quantitative estimate of drug-likeness (QED) is 0.835. The first kappa shape index (κ1) is 13.3. The highest BCUT2D eigenvalue weighted by Gasteiger charge is 2.39. The molecule has 0 aliphatic carbocycles. The van der Waals surface area contributed by atoms with Crippen LogP contribution >= 0.6 is 11.5 Å². The number of hydrogen-bond acceptors (Lipinski definition) is 6. The topological polar surface area (TPSA) is 41.5 Å². The fraction of sp³-hybridized carbons (Fsp3) is 0.846. The zero-order valence-electron chi connectivity index (χ0n) is 11.9. The summed E-state index contributed by atoms with van der Waals surface area (Å²) in [6.07, 6.45) is 1.30. The second-order valence-corrected chi connectivity index (χ2v) is 6.68. The van der Waals surface area contributed by atoms with Crippen LogP contribution in [0.25, 0.3) is 0 Å². The third-order valence-electron chi connectivity index (χ3n) is 3.90. The Hall–Kier alpha value is -0.720. The highest BCUT2D eigenvalue weighted by molar-refractivity contribution is 7.09. The van der Waals surface area contributed by atoms with Crippen molar-refractivity contribution < 1.29 is 4.74 Å². The molecule has 0 N–H and O–H groups in total. The minimum atomic E-state index is 0.330. The van der Waals surface area contributed by atoms with Crippen LogP contribution in [0.2, 0.25) is 0 Å². The van der Waals surface area contributed by atoms with Gasteiger partial charge in [-0.2, -0.15) is 4.37 Å². The minimum Gasteiger partial charge on any atom is -0.373 e. The van der Waals surface area contributed by atoms with Gasteiger partial charge in [0.2, 0.25) is 5.13 Å². The molecule has 0 radical (unpaired) electrons. The summed E-state index contributed by atoms with van der Waals surface area (Å²) in [5, 5.41) is 1.06. The number of fused-ring (bicyclic) bond motifs is 1. The molecule has 0 amide bonds. The first-order valence-electron chi connectivity index (χ1n) is 7.03. The molecule has 2 saturated heterocycles. The molecule has 2 atom stereocenters. The molecule has 2 unspecified atom stereocenters. The lowest BCUT2D eigenvalue weighted by atomic mass is 10.1. The van der Waals surface area contributed by atoms with E-state index in [-0.39, 0.29) is 0 Å². The van der Waals surface area contributed by atoms with E-state index in [0.717, 1.165) is 43.6 Å². The monoisotopic (exact) mass is 282 g/mol. The molecule has 19 heavy (non-hydrogen) atoms. The third kappa shape index (κ3) is 2.75.